The zero-order chi connectivity index (χ0) is 22.7. The average Bonchev–Trinajstić information content (AvgIpc) is 2.62. The fourth-order valence-corrected chi connectivity index (χ4v) is 4.02. The van der Waals surface area contributed by atoms with Crippen molar-refractivity contribution in [1.29, 1.82) is 0 Å². The van der Waals surface area contributed by atoms with Gasteiger partial charge in [-0.3, -0.25) is 23.7 Å². The van der Waals surface area contributed by atoms with Crippen LogP contribution in [0.25, 0.3) is 10.4 Å². The lowest BCUT2D eigenvalue weighted by Gasteiger charge is -2.13. The topological polar surface area (TPSA) is 200 Å². The van der Waals surface area contributed by atoms with Gasteiger partial charge in [0.25, 0.3) is 5.91 Å². The van der Waals surface area contributed by atoms with Gasteiger partial charge in [-0.2, -0.15) is 0 Å². The van der Waals surface area contributed by atoms with E-state index in [1.807, 2.05) is 5.32 Å². The van der Waals surface area contributed by atoms with Crippen molar-refractivity contribution >= 4 is 30.7 Å². The van der Waals surface area contributed by atoms with Gasteiger partial charge in [-0.15, -0.1) is 0 Å². The molecule has 168 valence electrons. The summed E-state index contributed by atoms with van der Waals surface area (Å²) in [6.45, 7) is 0.387. The number of hydrogen-bond acceptors (Lipinski definition) is 9. The number of carbonyl (C=O) groups excluding carboxylic acids is 2. The van der Waals surface area contributed by atoms with Crippen LogP contribution in [0.5, 0.6) is 0 Å². The molecule has 0 radical (unpaired) electrons. The summed E-state index contributed by atoms with van der Waals surface area (Å²) in [6.07, 6.45) is 2.93. The van der Waals surface area contributed by atoms with Gasteiger partial charge in [0.15, 0.2) is 0 Å². The van der Waals surface area contributed by atoms with E-state index in [1.165, 1.54) is 19.4 Å². The zero-order valence-electron chi connectivity index (χ0n) is 16.2. The molecule has 0 aliphatic rings. The predicted octanol–water partition coefficient (Wildman–Crippen LogP) is -0.174. The smallest absolute Gasteiger partial charge is 0.337 e. The number of amides is 2. The molecule has 29 heavy (non-hydrogen) atoms. The molecule has 2 amide bonds. The number of rotatable bonds is 14. The molecule has 14 nitrogen and oxygen atoms in total. The van der Waals surface area contributed by atoms with Crippen molar-refractivity contribution in [2.24, 2.45) is 5.28 Å². The standard InChI is InChI=1S/C7H12N2O3.C6H14N3O6PS/c1-9(6-12-2)4-3-7(11)8-5-10;1-14-6(4-15-9-8-7)2-3-17(13)5-16(10,11)12/h3-5H,6H2,1-2H3,(H,8,10,11);6H,2-5H2,1H3,(H2,10,11,12)/b4-3-;. The maximum absolute atomic E-state index is 11.2. The lowest BCUT2D eigenvalue weighted by atomic mass is 10.3. The van der Waals surface area contributed by atoms with Gasteiger partial charge < -0.3 is 29.0 Å². The second-order valence-corrected chi connectivity index (χ2v) is 8.82. The van der Waals surface area contributed by atoms with Crippen LogP contribution < -0.4 is 5.32 Å². The summed E-state index contributed by atoms with van der Waals surface area (Å²) in [7, 11) is -1.18. The van der Waals surface area contributed by atoms with Gasteiger partial charge in [-0.25, -0.2) is 0 Å². The second-order valence-electron chi connectivity index (χ2n) is 5.17. The highest BCUT2D eigenvalue weighted by Crippen LogP contribution is 2.35. The first-order valence-corrected chi connectivity index (χ1v) is 11.1. The van der Waals surface area contributed by atoms with Crippen molar-refractivity contribution in [3.63, 3.8) is 0 Å². The van der Waals surface area contributed by atoms with Crippen molar-refractivity contribution in [3.8, 4) is 0 Å². The van der Waals surface area contributed by atoms with Gasteiger partial charge in [-0.1, -0.05) is 0 Å². The van der Waals surface area contributed by atoms with E-state index in [0.29, 0.717) is 13.1 Å². The van der Waals surface area contributed by atoms with Crippen LogP contribution in [-0.2, 0) is 39.3 Å². The average molecular weight is 459 g/mol. The number of ether oxygens (including phenoxy) is 2. The number of hydrogen-bond donors (Lipinski definition) is 3. The van der Waals surface area contributed by atoms with E-state index >= 15 is 0 Å². The third-order valence-electron chi connectivity index (χ3n) is 2.68. The zero-order valence-corrected chi connectivity index (χ0v) is 18.0. The Balaban J connectivity index is 0. The Labute approximate surface area is 170 Å². The summed E-state index contributed by atoms with van der Waals surface area (Å²) in [4.78, 5) is 46.1. The molecule has 2 unspecified atom stereocenters. The van der Waals surface area contributed by atoms with E-state index in [4.69, 9.17) is 24.8 Å². The number of nitrogens with zero attached hydrogens (tertiary/aromatic N) is 4. The first kappa shape index (κ1) is 29.2. The monoisotopic (exact) mass is 459 g/mol. The van der Waals surface area contributed by atoms with Crippen LogP contribution in [-0.4, -0.2) is 83.2 Å². The van der Waals surface area contributed by atoms with Crippen molar-refractivity contribution in [2.45, 2.75) is 12.5 Å². The van der Waals surface area contributed by atoms with E-state index in [1.54, 1.807) is 19.1 Å². The Bertz CT molecular complexity index is 624. The Hall–Kier alpha value is -1.99. The van der Waals surface area contributed by atoms with Gasteiger partial charge >= 0.3 is 7.60 Å². The van der Waals surface area contributed by atoms with Crippen molar-refractivity contribution < 1.29 is 42.5 Å². The third-order valence-corrected chi connectivity index (χ3v) is 5.87. The van der Waals surface area contributed by atoms with Gasteiger partial charge in [0.2, 0.25) is 6.41 Å². The highest BCUT2D eigenvalue weighted by atomic mass is 32.2. The lowest BCUT2D eigenvalue weighted by molar-refractivity contribution is -0.121. The fourth-order valence-electron chi connectivity index (χ4n) is 1.47. The van der Waals surface area contributed by atoms with Crippen LogP contribution in [0.1, 0.15) is 6.42 Å². The lowest BCUT2D eigenvalue weighted by Crippen LogP contribution is -2.20. The minimum atomic E-state index is -4.26. The Morgan fingerprint density at radius 3 is 2.59 bits per heavy atom. The van der Waals surface area contributed by atoms with Gasteiger partial charge in [0.1, 0.15) is 24.1 Å². The van der Waals surface area contributed by atoms with Gasteiger partial charge in [-0.05, 0) is 12.0 Å². The number of carbonyl (C=O) groups is 2. The van der Waals surface area contributed by atoms with E-state index in [0.717, 1.165) is 0 Å². The molecule has 0 aliphatic heterocycles. The van der Waals surface area contributed by atoms with Crippen LogP contribution in [0.4, 0.5) is 0 Å². The molecule has 3 N–H and O–H groups in total. The highest BCUT2D eigenvalue weighted by molar-refractivity contribution is 7.92. The Kier molecular flexibility index (Phi) is 18.2. The van der Waals surface area contributed by atoms with Crippen molar-refractivity contribution in [2.75, 3.05) is 45.9 Å². The summed E-state index contributed by atoms with van der Waals surface area (Å²) >= 11 is 0. The Morgan fingerprint density at radius 2 is 2.10 bits per heavy atom. The summed E-state index contributed by atoms with van der Waals surface area (Å²) in [5.41, 5.74) is 7.29. The van der Waals surface area contributed by atoms with Crippen LogP contribution >= 0.6 is 7.60 Å². The van der Waals surface area contributed by atoms with E-state index in [-0.39, 0.29) is 18.8 Å². The van der Waals surface area contributed by atoms with Crippen molar-refractivity contribution in [3.05, 3.63) is 22.7 Å². The minimum absolute atomic E-state index is 0.00628. The fraction of sp³-hybridized carbons (Fsp3) is 0.692. The number of imide groups is 1. The molecular weight excluding hydrogens is 433 g/mol. The van der Waals surface area contributed by atoms with E-state index < -0.39 is 35.9 Å². The quantitative estimate of drug-likeness (QED) is 0.0457. The third kappa shape index (κ3) is 22.2. The molecule has 0 heterocycles. The summed E-state index contributed by atoms with van der Waals surface area (Å²) in [5.74, 6) is -0.378. The molecule has 0 saturated heterocycles. The molecule has 0 aromatic heterocycles. The number of nitrogens with one attached hydrogen (secondary N) is 1. The number of methoxy groups -OCH3 is 2. The first-order chi connectivity index (χ1) is 13.6. The number of azide groups is 1. The normalized spacial score (nSPS) is 12.7. The molecule has 0 bridgehead atoms. The molecule has 0 spiro atoms. The highest BCUT2D eigenvalue weighted by Gasteiger charge is 2.19. The molecule has 0 saturated carbocycles. The maximum Gasteiger partial charge on any atom is 0.337 e. The van der Waals surface area contributed by atoms with Gasteiger partial charge in [0.05, 0.1) is 6.10 Å². The molecule has 0 aromatic carbocycles. The van der Waals surface area contributed by atoms with E-state index in [9.17, 15) is 18.4 Å². The van der Waals surface area contributed by atoms with Crippen LogP contribution in [0.15, 0.2) is 17.6 Å². The van der Waals surface area contributed by atoms with Crippen LogP contribution in [0, 0.1) is 0 Å². The summed E-state index contributed by atoms with van der Waals surface area (Å²) in [5, 5.41) is 4.82. The molecule has 2 atom stereocenters. The van der Waals surface area contributed by atoms with Crippen LogP contribution in [0.2, 0.25) is 0 Å². The first-order valence-electron chi connectivity index (χ1n) is 7.79. The largest absolute Gasteiger partial charge is 0.431 e. The predicted molar refractivity (Wildman–Crippen MR) is 103 cm³/mol. The van der Waals surface area contributed by atoms with Gasteiger partial charge in [0, 0.05) is 55.0 Å². The van der Waals surface area contributed by atoms with E-state index in [2.05, 4.69) is 15.0 Å². The molecular formula is C13H26N5O9PS. The molecule has 0 rings (SSSR count). The second kappa shape index (κ2) is 18.1. The van der Waals surface area contributed by atoms with Crippen LogP contribution in [0.3, 0.4) is 0 Å². The molecule has 0 fully saturated rings. The SMILES string of the molecule is COC(CCS(=O)CP(=O)(O)O)CON=[N+]=[N-].COCN(C)/C=C\C(=O)NC=O. The summed E-state index contributed by atoms with van der Waals surface area (Å²) in [6, 6.07) is 0. The van der Waals surface area contributed by atoms with Crippen molar-refractivity contribution in [1.82, 2.24) is 10.2 Å². The molecule has 16 heteroatoms. The maximum atomic E-state index is 11.2. The molecule has 0 aromatic rings. The summed E-state index contributed by atoms with van der Waals surface area (Å²) < 4.78 is 31.5. The Morgan fingerprint density at radius 1 is 1.45 bits per heavy atom. The minimum Gasteiger partial charge on any atom is -0.431 e. The molecule has 0 aliphatic carbocycles.